The van der Waals surface area contributed by atoms with Crippen molar-refractivity contribution >= 4 is 10.0 Å². The summed E-state index contributed by atoms with van der Waals surface area (Å²) < 4.78 is 45.3. The maximum Gasteiger partial charge on any atom is 0.243 e. The summed E-state index contributed by atoms with van der Waals surface area (Å²) in [6.07, 6.45) is 0.233. The zero-order valence-corrected chi connectivity index (χ0v) is 14.3. The standard InChI is InChI=1S/C17H20FNO4S/c1-17(20,11-13-7-9-14(23-2)10-8-13)12-19-24(21,22)16-6-4-3-5-15(16)18/h3-10,19-20H,11-12H2,1-2H3. The number of hydrogen-bond donors (Lipinski definition) is 2. The first-order chi connectivity index (χ1) is 11.2. The lowest BCUT2D eigenvalue weighted by molar-refractivity contribution is 0.0656. The molecule has 130 valence electrons. The minimum Gasteiger partial charge on any atom is -0.497 e. The lowest BCUT2D eigenvalue weighted by Crippen LogP contribution is -2.42. The minimum absolute atomic E-state index is 0.233. The summed E-state index contributed by atoms with van der Waals surface area (Å²) in [4.78, 5) is -0.440. The number of sulfonamides is 1. The van der Waals surface area contributed by atoms with E-state index >= 15 is 0 Å². The van der Waals surface area contributed by atoms with Crippen LogP contribution in [0.2, 0.25) is 0 Å². The Kier molecular flexibility index (Phi) is 5.58. The van der Waals surface area contributed by atoms with Crippen LogP contribution >= 0.6 is 0 Å². The second-order valence-electron chi connectivity index (χ2n) is 5.78. The van der Waals surface area contributed by atoms with Crippen molar-refractivity contribution in [2.24, 2.45) is 0 Å². The summed E-state index contributed by atoms with van der Waals surface area (Å²) in [6, 6.07) is 12.2. The molecule has 0 amide bonds. The predicted molar refractivity (Wildman–Crippen MR) is 88.9 cm³/mol. The van der Waals surface area contributed by atoms with E-state index in [-0.39, 0.29) is 13.0 Å². The van der Waals surface area contributed by atoms with Gasteiger partial charge in [-0.3, -0.25) is 0 Å². The van der Waals surface area contributed by atoms with Crippen LogP contribution in [0.4, 0.5) is 4.39 Å². The van der Waals surface area contributed by atoms with Gasteiger partial charge in [0, 0.05) is 13.0 Å². The van der Waals surface area contributed by atoms with Gasteiger partial charge in [0.2, 0.25) is 10.0 Å². The van der Waals surface area contributed by atoms with Crippen LogP contribution in [0.1, 0.15) is 12.5 Å². The summed E-state index contributed by atoms with van der Waals surface area (Å²) in [5.41, 5.74) is -0.502. The number of ether oxygens (including phenoxy) is 1. The highest BCUT2D eigenvalue weighted by Gasteiger charge is 2.26. The second kappa shape index (κ2) is 7.29. The number of halogens is 1. The zero-order chi connectivity index (χ0) is 17.8. The number of methoxy groups -OCH3 is 1. The van der Waals surface area contributed by atoms with Gasteiger partial charge in [-0.05, 0) is 36.8 Å². The molecule has 0 aliphatic rings. The van der Waals surface area contributed by atoms with Crippen molar-refractivity contribution in [1.82, 2.24) is 4.72 Å². The maximum absolute atomic E-state index is 13.6. The van der Waals surface area contributed by atoms with Gasteiger partial charge in [-0.15, -0.1) is 0 Å². The molecule has 2 aromatic rings. The van der Waals surface area contributed by atoms with E-state index in [1.807, 2.05) is 0 Å². The summed E-state index contributed by atoms with van der Waals surface area (Å²) in [6.45, 7) is 1.27. The highest BCUT2D eigenvalue weighted by atomic mass is 32.2. The number of rotatable bonds is 7. The quantitative estimate of drug-likeness (QED) is 0.799. The zero-order valence-electron chi connectivity index (χ0n) is 13.5. The fourth-order valence-electron chi connectivity index (χ4n) is 2.24. The lowest BCUT2D eigenvalue weighted by Gasteiger charge is -2.24. The number of hydrogen-bond acceptors (Lipinski definition) is 4. The van der Waals surface area contributed by atoms with Crippen LogP contribution < -0.4 is 9.46 Å². The molecule has 2 rings (SSSR count). The van der Waals surface area contributed by atoms with Crippen molar-refractivity contribution in [2.75, 3.05) is 13.7 Å². The van der Waals surface area contributed by atoms with Gasteiger partial charge >= 0.3 is 0 Å². The van der Waals surface area contributed by atoms with Crippen LogP contribution in [0.25, 0.3) is 0 Å². The Balaban J connectivity index is 2.04. The van der Waals surface area contributed by atoms with Crippen molar-refractivity contribution in [1.29, 1.82) is 0 Å². The Bertz CT molecular complexity index is 788. The van der Waals surface area contributed by atoms with E-state index in [1.54, 1.807) is 31.4 Å². The van der Waals surface area contributed by atoms with Crippen molar-refractivity contribution in [3.63, 3.8) is 0 Å². The molecular formula is C17H20FNO4S. The summed E-state index contributed by atoms with van der Waals surface area (Å²) in [7, 11) is -2.47. The van der Waals surface area contributed by atoms with Crippen LogP contribution in [0.5, 0.6) is 5.75 Å². The Labute approximate surface area is 141 Å². The minimum atomic E-state index is -4.03. The van der Waals surface area contributed by atoms with E-state index in [0.717, 1.165) is 11.6 Å². The van der Waals surface area contributed by atoms with Crippen LogP contribution in [-0.4, -0.2) is 32.8 Å². The molecule has 0 spiro atoms. The molecule has 0 fully saturated rings. The Morgan fingerprint density at radius 1 is 1.17 bits per heavy atom. The SMILES string of the molecule is COc1ccc(CC(C)(O)CNS(=O)(=O)c2ccccc2F)cc1. The smallest absolute Gasteiger partial charge is 0.243 e. The highest BCUT2D eigenvalue weighted by molar-refractivity contribution is 7.89. The normalized spacial score (nSPS) is 14.2. The van der Waals surface area contributed by atoms with Crippen molar-refractivity contribution in [2.45, 2.75) is 23.8 Å². The molecule has 0 saturated carbocycles. The Hall–Kier alpha value is -1.96. The van der Waals surface area contributed by atoms with Gasteiger partial charge in [-0.2, -0.15) is 0 Å². The third-order valence-corrected chi connectivity index (χ3v) is 4.95. The molecular weight excluding hydrogens is 333 g/mol. The van der Waals surface area contributed by atoms with Gasteiger partial charge in [-0.1, -0.05) is 24.3 Å². The summed E-state index contributed by atoms with van der Waals surface area (Å²) in [5, 5.41) is 10.4. The molecule has 0 saturated heterocycles. The van der Waals surface area contributed by atoms with Crippen LogP contribution in [0, 0.1) is 5.82 Å². The van der Waals surface area contributed by atoms with Gasteiger partial charge in [0.1, 0.15) is 16.5 Å². The van der Waals surface area contributed by atoms with E-state index in [2.05, 4.69) is 4.72 Å². The second-order valence-corrected chi connectivity index (χ2v) is 7.51. The molecule has 1 unspecified atom stereocenters. The fraction of sp³-hybridized carbons (Fsp3) is 0.294. The Morgan fingerprint density at radius 2 is 1.79 bits per heavy atom. The highest BCUT2D eigenvalue weighted by Crippen LogP contribution is 2.18. The van der Waals surface area contributed by atoms with Crippen LogP contribution in [0.3, 0.4) is 0 Å². The van der Waals surface area contributed by atoms with Crippen LogP contribution in [-0.2, 0) is 16.4 Å². The summed E-state index contributed by atoms with van der Waals surface area (Å²) >= 11 is 0. The molecule has 1 atom stereocenters. The van der Waals surface area contributed by atoms with E-state index in [9.17, 15) is 17.9 Å². The average Bonchev–Trinajstić information content (AvgIpc) is 2.54. The van der Waals surface area contributed by atoms with Crippen molar-refractivity contribution < 1.29 is 22.7 Å². The van der Waals surface area contributed by atoms with E-state index in [1.165, 1.54) is 25.1 Å². The molecule has 0 bridgehead atoms. The van der Waals surface area contributed by atoms with E-state index in [4.69, 9.17) is 4.74 Å². The monoisotopic (exact) mass is 353 g/mol. The van der Waals surface area contributed by atoms with E-state index < -0.39 is 26.3 Å². The molecule has 2 aromatic carbocycles. The lowest BCUT2D eigenvalue weighted by atomic mass is 9.97. The molecule has 0 aliphatic heterocycles. The first-order valence-corrected chi connectivity index (χ1v) is 8.81. The van der Waals surface area contributed by atoms with Crippen LogP contribution in [0.15, 0.2) is 53.4 Å². The molecule has 0 aromatic heterocycles. The average molecular weight is 353 g/mol. The first kappa shape index (κ1) is 18.4. The molecule has 5 nitrogen and oxygen atoms in total. The Morgan fingerprint density at radius 3 is 2.38 bits per heavy atom. The van der Waals surface area contributed by atoms with Crippen molar-refractivity contribution in [3.05, 3.63) is 59.9 Å². The van der Waals surface area contributed by atoms with Crippen molar-refractivity contribution in [3.8, 4) is 5.75 Å². The van der Waals surface area contributed by atoms with Gasteiger partial charge in [-0.25, -0.2) is 17.5 Å². The van der Waals surface area contributed by atoms with Gasteiger partial charge < -0.3 is 9.84 Å². The molecule has 0 heterocycles. The van der Waals surface area contributed by atoms with Gasteiger partial charge in [0.15, 0.2) is 0 Å². The third kappa shape index (κ3) is 4.77. The molecule has 24 heavy (non-hydrogen) atoms. The number of aliphatic hydroxyl groups is 1. The molecule has 0 radical (unpaired) electrons. The fourth-order valence-corrected chi connectivity index (χ4v) is 3.48. The number of nitrogens with one attached hydrogen (secondary N) is 1. The summed E-state index contributed by atoms with van der Waals surface area (Å²) in [5.74, 6) is -0.140. The van der Waals surface area contributed by atoms with Gasteiger partial charge in [0.25, 0.3) is 0 Å². The van der Waals surface area contributed by atoms with Gasteiger partial charge in [0.05, 0.1) is 12.7 Å². The first-order valence-electron chi connectivity index (χ1n) is 7.33. The molecule has 7 heteroatoms. The topological polar surface area (TPSA) is 75.6 Å². The predicted octanol–water partition coefficient (Wildman–Crippen LogP) is 2.11. The number of benzene rings is 2. The maximum atomic E-state index is 13.6. The third-order valence-electron chi connectivity index (χ3n) is 3.51. The largest absolute Gasteiger partial charge is 0.497 e. The molecule has 2 N–H and O–H groups in total. The molecule has 0 aliphatic carbocycles. The van der Waals surface area contributed by atoms with E-state index in [0.29, 0.717) is 5.75 Å².